The monoisotopic (exact) mass is 158 g/mol. The van der Waals surface area contributed by atoms with Crippen molar-refractivity contribution >= 4 is 17.6 Å². The maximum atomic E-state index is 12.3. The molecule has 0 saturated heterocycles. The summed E-state index contributed by atoms with van der Waals surface area (Å²) in [7, 11) is 0. The number of anilines is 1. The van der Waals surface area contributed by atoms with Crippen LogP contribution in [0, 0.1) is 5.95 Å². The molecule has 1 aromatic heterocycles. The summed E-state index contributed by atoms with van der Waals surface area (Å²) in [5, 5.41) is 0. The summed E-state index contributed by atoms with van der Waals surface area (Å²) in [6.07, 6.45) is 1.87. The van der Waals surface area contributed by atoms with Crippen molar-refractivity contribution in [1.29, 1.82) is 0 Å². The Morgan fingerprint density at radius 2 is 2.30 bits per heavy atom. The van der Waals surface area contributed by atoms with E-state index in [-0.39, 0.29) is 5.82 Å². The van der Waals surface area contributed by atoms with Crippen LogP contribution < -0.4 is 5.73 Å². The average Bonchev–Trinajstić information content (AvgIpc) is 1.88. The first-order valence-electron chi connectivity index (χ1n) is 2.70. The van der Waals surface area contributed by atoms with Gasteiger partial charge in [0.2, 0.25) is 5.95 Å². The largest absolute Gasteiger partial charge is 0.383 e. The zero-order chi connectivity index (χ0) is 7.56. The fourth-order valence-electron chi connectivity index (χ4n) is 0.610. The molecule has 0 unspecified atom stereocenters. The molecule has 0 saturated carbocycles. The first-order valence-corrected chi connectivity index (χ1v) is 3.92. The van der Waals surface area contributed by atoms with Crippen molar-refractivity contribution in [1.82, 2.24) is 4.98 Å². The van der Waals surface area contributed by atoms with Crippen LogP contribution in [0.4, 0.5) is 10.2 Å². The van der Waals surface area contributed by atoms with Gasteiger partial charge in [0.05, 0.1) is 0 Å². The van der Waals surface area contributed by atoms with Gasteiger partial charge >= 0.3 is 0 Å². The summed E-state index contributed by atoms with van der Waals surface area (Å²) in [4.78, 5) is 4.24. The molecule has 10 heavy (non-hydrogen) atoms. The highest BCUT2D eigenvalue weighted by atomic mass is 32.2. The third-order valence-corrected chi connectivity index (χ3v) is 1.86. The van der Waals surface area contributed by atoms with Crippen LogP contribution >= 0.6 is 11.8 Å². The Balaban J connectivity index is 3.07. The van der Waals surface area contributed by atoms with E-state index in [2.05, 4.69) is 4.98 Å². The summed E-state index contributed by atoms with van der Waals surface area (Å²) in [5.74, 6) is -0.275. The van der Waals surface area contributed by atoms with Crippen molar-refractivity contribution in [3.8, 4) is 0 Å². The molecule has 1 heterocycles. The Morgan fingerprint density at radius 3 is 2.80 bits per heavy atom. The van der Waals surface area contributed by atoms with Crippen LogP contribution in [0.2, 0.25) is 0 Å². The maximum Gasteiger partial charge on any atom is 0.214 e. The molecule has 2 nitrogen and oxygen atoms in total. The van der Waals surface area contributed by atoms with Gasteiger partial charge in [-0.3, -0.25) is 0 Å². The number of nitrogens with two attached hydrogens (primary N) is 1. The Kier molecular flexibility index (Phi) is 2.11. The molecular formula is C6H7FN2S. The van der Waals surface area contributed by atoms with Gasteiger partial charge in [0.25, 0.3) is 0 Å². The van der Waals surface area contributed by atoms with Crippen molar-refractivity contribution in [2.45, 2.75) is 4.90 Å². The molecule has 0 radical (unpaired) electrons. The lowest BCUT2D eigenvalue weighted by molar-refractivity contribution is 0.584. The average molecular weight is 158 g/mol. The van der Waals surface area contributed by atoms with Gasteiger partial charge < -0.3 is 5.73 Å². The second-order valence-electron chi connectivity index (χ2n) is 1.72. The number of thioether (sulfide) groups is 1. The second kappa shape index (κ2) is 2.88. The van der Waals surface area contributed by atoms with E-state index in [0.29, 0.717) is 0 Å². The first-order chi connectivity index (χ1) is 4.74. The van der Waals surface area contributed by atoms with Gasteiger partial charge in [-0.25, -0.2) is 4.98 Å². The normalized spacial score (nSPS) is 9.80. The highest BCUT2D eigenvalue weighted by Crippen LogP contribution is 2.19. The van der Waals surface area contributed by atoms with Crippen LogP contribution in [0.5, 0.6) is 0 Å². The molecule has 0 amide bonds. The number of rotatable bonds is 1. The molecule has 2 N–H and O–H groups in total. The first kappa shape index (κ1) is 7.34. The predicted molar refractivity (Wildman–Crippen MR) is 40.4 cm³/mol. The topological polar surface area (TPSA) is 38.9 Å². The van der Waals surface area contributed by atoms with E-state index in [1.54, 1.807) is 6.07 Å². The molecule has 0 bridgehead atoms. The van der Waals surface area contributed by atoms with Gasteiger partial charge in [-0.15, -0.1) is 11.8 Å². The Labute approximate surface area is 62.6 Å². The third kappa shape index (κ3) is 1.39. The molecule has 0 atom stereocenters. The summed E-state index contributed by atoms with van der Waals surface area (Å²) in [5.41, 5.74) is 5.36. The summed E-state index contributed by atoms with van der Waals surface area (Å²) in [6.45, 7) is 0. The molecule has 0 spiro atoms. The molecule has 1 rings (SSSR count). The number of pyridine rings is 1. The minimum atomic E-state index is -0.532. The number of hydrogen-bond acceptors (Lipinski definition) is 3. The van der Waals surface area contributed by atoms with Crippen molar-refractivity contribution < 1.29 is 4.39 Å². The van der Waals surface area contributed by atoms with E-state index in [4.69, 9.17) is 5.73 Å². The zero-order valence-electron chi connectivity index (χ0n) is 5.47. The quantitative estimate of drug-likeness (QED) is 0.497. The van der Waals surface area contributed by atoms with E-state index < -0.39 is 5.95 Å². The van der Waals surface area contributed by atoms with E-state index in [1.807, 2.05) is 6.26 Å². The Bertz CT molecular complexity index is 239. The van der Waals surface area contributed by atoms with Crippen molar-refractivity contribution in [2.75, 3.05) is 12.0 Å². The van der Waals surface area contributed by atoms with Crippen LogP contribution in [0.25, 0.3) is 0 Å². The van der Waals surface area contributed by atoms with Gasteiger partial charge in [0, 0.05) is 4.90 Å². The van der Waals surface area contributed by atoms with Crippen molar-refractivity contribution in [3.63, 3.8) is 0 Å². The van der Waals surface area contributed by atoms with Crippen LogP contribution in [0.1, 0.15) is 0 Å². The lowest BCUT2D eigenvalue weighted by Gasteiger charge is -1.98. The smallest absolute Gasteiger partial charge is 0.214 e. The Hall–Kier alpha value is -0.770. The molecule has 0 fully saturated rings. The van der Waals surface area contributed by atoms with Crippen LogP contribution in [-0.2, 0) is 0 Å². The number of aromatic nitrogens is 1. The highest BCUT2D eigenvalue weighted by Gasteiger charge is 1.98. The SMILES string of the molecule is CSc1ccc(F)nc1N. The summed E-state index contributed by atoms with van der Waals surface area (Å²) in [6, 6.07) is 2.91. The van der Waals surface area contributed by atoms with E-state index in [9.17, 15) is 4.39 Å². The minimum absolute atomic E-state index is 0.257. The second-order valence-corrected chi connectivity index (χ2v) is 2.57. The maximum absolute atomic E-state index is 12.3. The molecular weight excluding hydrogens is 151 g/mol. The zero-order valence-corrected chi connectivity index (χ0v) is 6.28. The summed E-state index contributed by atoms with van der Waals surface area (Å²) < 4.78 is 12.3. The number of nitrogen functional groups attached to an aromatic ring is 1. The molecule has 1 aromatic rings. The highest BCUT2D eigenvalue weighted by molar-refractivity contribution is 7.98. The fourth-order valence-corrected chi connectivity index (χ4v) is 1.07. The van der Waals surface area contributed by atoms with Crippen LogP contribution in [0.3, 0.4) is 0 Å². The third-order valence-electron chi connectivity index (χ3n) is 1.07. The van der Waals surface area contributed by atoms with Gasteiger partial charge in [-0.05, 0) is 18.4 Å². The molecule has 0 aromatic carbocycles. The fraction of sp³-hybridized carbons (Fsp3) is 0.167. The van der Waals surface area contributed by atoms with Crippen molar-refractivity contribution in [3.05, 3.63) is 18.1 Å². The molecule has 0 aliphatic rings. The number of nitrogens with zero attached hydrogens (tertiary/aromatic N) is 1. The standard InChI is InChI=1S/C6H7FN2S/c1-10-4-2-3-5(7)9-6(4)8/h2-3H,1H3,(H2,8,9). The van der Waals surface area contributed by atoms with E-state index in [0.717, 1.165) is 4.90 Å². The molecule has 0 aliphatic carbocycles. The van der Waals surface area contributed by atoms with Gasteiger partial charge in [-0.1, -0.05) is 0 Å². The lowest BCUT2D eigenvalue weighted by atomic mass is 10.5. The van der Waals surface area contributed by atoms with Crippen molar-refractivity contribution in [2.24, 2.45) is 0 Å². The van der Waals surface area contributed by atoms with Crippen LogP contribution in [0.15, 0.2) is 17.0 Å². The minimum Gasteiger partial charge on any atom is -0.383 e. The molecule has 54 valence electrons. The van der Waals surface area contributed by atoms with Crippen LogP contribution in [-0.4, -0.2) is 11.2 Å². The van der Waals surface area contributed by atoms with Gasteiger partial charge in [0.1, 0.15) is 5.82 Å². The summed E-state index contributed by atoms with van der Waals surface area (Å²) >= 11 is 1.45. The molecule has 4 heteroatoms. The molecule has 0 aliphatic heterocycles. The number of hydrogen-bond donors (Lipinski definition) is 1. The Morgan fingerprint density at radius 1 is 1.60 bits per heavy atom. The number of halogens is 1. The van der Waals surface area contributed by atoms with E-state index >= 15 is 0 Å². The lowest BCUT2D eigenvalue weighted by Crippen LogP contribution is -1.94. The van der Waals surface area contributed by atoms with Gasteiger partial charge in [0.15, 0.2) is 0 Å². The van der Waals surface area contributed by atoms with E-state index in [1.165, 1.54) is 17.8 Å². The predicted octanol–water partition coefficient (Wildman–Crippen LogP) is 1.52. The van der Waals surface area contributed by atoms with Gasteiger partial charge in [-0.2, -0.15) is 4.39 Å².